The number of amidine groups is 1. The summed E-state index contributed by atoms with van der Waals surface area (Å²) >= 11 is 0. The van der Waals surface area contributed by atoms with Crippen molar-refractivity contribution in [2.75, 3.05) is 18.1 Å². The number of nitrogens with zero attached hydrogens (tertiary/aromatic N) is 1. The van der Waals surface area contributed by atoms with E-state index >= 15 is 0 Å². The Kier molecular flexibility index (Phi) is 7.94. The van der Waals surface area contributed by atoms with E-state index in [1.807, 2.05) is 0 Å². The van der Waals surface area contributed by atoms with Gasteiger partial charge in [0.2, 0.25) is 11.8 Å². The van der Waals surface area contributed by atoms with E-state index in [0.717, 1.165) is 12.1 Å². The molecule has 2 amide bonds. The van der Waals surface area contributed by atoms with E-state index in [1.54, 1.807) is 36.1 Å². The number of carbonyl (C=O) groups is 3. The van der Waals surface area contributed by atoms with Gasteiger partial charge in [0.05, 0.1) is 19.1 Å². The van der Waals surface area contributed by atoms with Crippen LogP contribution in [0.15, 0.2) is 36.9 Å². The summed E-state index contributed by atoms with van der Waals surface area (Å²) in [6.45, 7) is 6.21. The van der Waals surface area contributed by atoms with Crippen LogP contribution in [0.3, 0.4) is 0 Å². The molecule has 0 aliphatic carbocycles. The van der Waals surface area contributed by atoms with Crippen LogP contribution in [0.25, 0.3) is 0 Å². The van der Waals surface area contributed by atoms with Crippen LogP contribution in [-0.4, -0.2) is 42.8 Å². The molecule has 2 unspecified atom stereocenters. The van der Waals surface area contributed by atoms with E-state index in [-0.39, 0.29) is 37.1 Å². The van der Waals surface area contributed by atoms with Gasteiger partial charge in [-0.15, -0.1) is 6.58 Å². The highest BCUT2D eigenvalue weighted by Crippen LogP contribution is 2.26. The van der Waals surface area contributed by atoms with E-state index in [2.05, 4.69) is 11.9 Å². The van der Waals surface area contributed by atoms with Gasteiger partial charge in [0.15, 0.2) is 0 Å². The Morgan fingerprint density at radius 1 is 1.41 bits per heavy atom. The topological polar surface area (TPSA) is 126 Å². The van der Waals surface area contributed by atoms with Crippen LogP contribution in [0, 0.1) is 11.3 Å². The predicted molar refractivity (Wildman–Crippen MR) is 111 cm³/mol. The number of rotatable bonds is 9. The minimum absolute atomic E-state index is 0.0102. The smallest absolute Gasteiger partial charge is 0.308 e. The van der Waals surface area contributed by atoms with Gasteiger partial charge < -0.3 is 20.7 Å². The van der Waals surface area contributed by atoms with E-state index in [0.29, 0.717) is 18.5 Å². The second-order valence-electron chi connectivity index (χ2n) is 6.91. The molecule has 0 aromatic heterocycles. The van der Waals surface area contributed by atoms with Gasteiger partial charge in [-0.2, -0.15) is 0 Å². The molecule has 0 radical (unpaired) electrons. The Morgan fingerprint density at radius 3 is 2.69 bits per heavy atom. The third-order valence-corrected chi connectivity index (χ3v) is 4.79. The summed E-state index contributed by atoms with van der Waals surface area (Å²) in [6.07, 6.45) is 2.96. The Hall–Kier alpha value is -3.16. The van der Waals surface area contributed by atoms with Gasteiger partial charge in [0, 0.05) is 30.1 Å². The number of amides is 2. The number of piperidine rings is 1. The molecule has 156 valence electrons. The maximum Gasteiger partial charge on any atom is 0.308 e. The molecule has 1 aromatic rings. The average Bonchev–Trinajstić information content (AvgIpc) is 2.69. The highest BCUT2D eigenvalue weighted by atomic mass is 16.5. The number of nitrogens with one attached hydrogen (secondary N) is 2. The van der Waals surface area contributed by atoms with Crippen LogP contribution in [-0.2, 0) is 19.1 Å². The third kappa shape index (κ3) is 6.17. The maximum absolute atomic E-state index is 12.9. The predicted octanol–water partition coefficient (Wildman–Crippen LogP) is 1.73. The molecule has 1 aromatic carbocycles. The average molecular weight is 400 g/mol. The van der Waals surface area contributed by atoms with Crippen LogP contribution >= 0.6 is 0 Å². The molecule has 1 fully saturated rings. The van der Waals surface area contributed by atoms with Gasteiger partial charge in [0.25, 0.3) is 0 Å². The van der Waals surface area contributed by atoms with Crippen LogP contribution in [0.4, 0.5) is 5.69 Å². The molecule has 0 bridgehead atoms. The van der Waals surface area contributed by atoms with E-state index in [4.69, 9.17) is 15.9 Å². The Labute approximate surface area is 170 Å². The monoisotopic (exact) mass is 400 g/mol. The summed E-state index contributed by atoms with van der Waals surface area (Å²) in [5.74, 6) is -1.28. The van der Waals surface area contributed by atoms with E-state index in [9.17, 15) is 14.4 Å². The third-order valence-electron chi connectivity index (χ3n) is 4.79. The number of hydrogen-bond donors (Lipinski definition) is 3. The molecular weight excluding hydrogens is 372 g/mol. The van der Waals surface area contributed by atoms with Gasteiger partial charge in [-0.25, -0.2) is 0 Å². The lowest BCUT2D eigenvalue weighted by molar-refractivity contribution is -0.143. The summed E-state index contributed by atoms with van der Waals surface area (Å²) in [4.78, 5) is 38.6. The number of benzene rings is 1. The van der Waals surface area contributed by atoms with Gasteiger partial charge in [-0.1, -0.05) is 6.08 Å². The summed E-state index contributed by atoms with van der Waals surface area (Å²) < 4.78 is 4.89. The van der Waals surface area contributed by atoms with Crippen molar-refractivity contribution in [2.45, 2.75) is 38.6 Å². The molecule has 2 atom stereocenters. The number of nitrogen functional groups attached to an aromatic ring is 1. The quantitative estimate of drug-likeness (QED) is 0.252. The molecule has 1 heterocycles. The zero-order chi connectivity index (χ0) is 21.4. The normalized spacial score (nSPS) is 17.3. The number of nitrogens with two attached hydrogens (primary N) is 1. The van der Waals surface area contributed by atoms with E-state index < -0.39 is 17.9 Å². The molecular formula is C21H28N4O4. The zero-order valence-electron chi connectivity index (χ0n) is 16.6. The second kappa shape index (κ2) is 10.4. The molecule has 4 N–H and O–H groups in total. The van der Waals surface area contributed by atoms with Crippen molar-refractivity contribution in [3.8, 4) is 0 Å². The lowest BCUT2D eigenvalue weighted by Crippen LogP contribution is -2.44. The first-order chi connectivity index (χ1) is 13.8. The van der Waals surface area contributed by atoms with Crippen LogP contribution in [0.5, 0.6) is 0 Å². The van der Waals surface area contributed by atoms with Gasteiger partial charge >= 0.3 is 5.97 Å². The summed E-state index contributed by atoms with van der Waals surface area (Å²) in [5, 5.41) is 10.2. The molecule has 8 heteroatoms. The number of carbonyl (C=O) groups excluding carboxylic acids is 3. The molecule has 1 saturated heterocycles. The van der Waals surface area contributed by atoms with Gasteiger partial charge in [-0.3, -0.25) is 19.8 Å². The van der Waals surface area contributed by atoms with Crippen molar-refractivity contribution in [3.05, 3.63) is 42.5 Å². The zero-order valence-corrected chi connectivity index (χ0v) is 16.6. The second-order valence-corrected chi connectivity index (χ2v) is 6.91. The standard InChI is InChI=1S/C21H28N4O4/c1-3-16(13-19(27)29-4-2)24-18(26)12-15-6-5-11-25(21(15)28)17-9-7-14(8-10-17)20(22)23/h3,7-10,15-16H,1,4-6,11-13H2,2H3,(H3,22,23)(H,24,26). The maximum atomic E-state index is 12.9. The Balaban J connectivity index is 1.97. The minimum Gasteiger partial charge on any atom is -0.466 e. The molecule has 8 nitrogen and oxygen atoms in total. The largest absolute Gasteiger partial charge is 0.466 e. The first-order valence-corrected chi connectivity index (χ1v) is 9.69. The van der Waals surface area contributed by atoms with Crippen LogP contribution < -0.4 is 16.0 Å². The lowest BCUT2D eigenvalue weighted by atomic mass is 9.92. The number of anilines is 1. The van der Waals surface area contributed by atoms with Crippen molar-refractivity contribution in [3.63, 3.8) is 0 Å². The molecule has 0 spiro atoms. The Morgan fingerprint density at radius 2 is 2.10 bits per heavy atom. The lowest BCUT2D eigenvalue weighted by Gasteiger charge is -2.32. The number of esters is 1. The van der Waals surface area contributed by atoms with Gasteiger partial charge in [0.1, 0.15) is 5.84 Å². The molecule has 2 rings (SSSR count). The number of ether oxygens (including phenoxy) is 1. The van der Waals surface area contributed by atoms with Crippen molar-refractivity contribution in [2.24, 2.45) is 11.7 Å². The molecule has 1 aliphatic rings. The molecule has 1 aliphatic heterocycles. The summed E-state index contributed by atoms with van der Waals surface area (Å²) in [5.41, 5.74) is 6.77. The van der Waals surface area contributed by atoms with Crippen LogP contribution in [0.1, 0.15) is 38.2 Å². The highest BCUT2D eigenvalue weighted by molar-refractivity contribution is 5.99. The first-order valence-electron chi connectivity index (χ1n) is 9.69. The summed E-state index contributed by atoms with van der Waals surface area (Å²) in [6, 6.07) is 6.38. The number of hydrogen-bond acceptors (Lipinski definition) is 5. The molecule has 0 saturated carbocycles. The Bertz CT molecular complexity index is 775. The van der Waals surface area contributed by atoms with E-state index in [1.165, 1.54) is 6.08 Å². The minimum atomic E-state index is -0.532. The van der Waals surface area contributed by atoms with Crippen molar-refractivity contribution < 1.29 is 19.1 Å². The fraction of sp³-hybridized carbons (Fsp3) is 0.429. The fourth-order valence-corrected chi connectivity index (χ4v) is 3.30. The SMILES string of the molecule is C=CC(CC(=O)OCC)NC(=O)CC1CCCN(c2ccc(C(=N)N)cc2)C1=O. The first kappa shape index (κ1) is 22.1. The fourth-order valence-electron chi connectivity index (χ4n) is 3.30. The van der Waals surface area contributed by atoms with Crippen molar-refractivity contribution >= 4 is 29.3 Å². The van der Waals surface area contributed by atoms with Gasteiger partial charge in [-0.05, 0) is 44.0 Å². The van der Waals surface area contributed by atoms with Crippen molar-refractivity contribution in [1.29, 1.82) is 5.41 Å². The molecule has 29 heavy (non-hydrogen) atoms. The van der Waals surface area contributed by atoms with Crippen LogP contribution in [0.2, 0.25) is 0 Å². The summed E-state index contributed by atoms with van der Waals surface area (Å²) in [7, 11) is 0. The van der Waals surface area contributed by atoms with Crippen molar-refractivity contribution in [1.82, 2.24) is 5.32 Å². The highest BCUT2D eigenvalue weighted by Gasteiger charge is 2.31.